The summed E-state index contributed by atoms with van der Waals surface area (Å²) in [5.41, 5.74) is 6.80. The largest absolute Gasteiger partial charge is 0.478 e. The SMILES string of the molecule is O=C(O)c1ccc2c(C3CCCCC3)c3n(c2c1)CCN(CCN1CCOCC1)c1ccccc1-3. The zero-order chi connectivity index (χ0) is 23.8. The van der Waals surface area contributed by atoms with Crippen LogP contribution in [0, 0.1) is 0 Å². The highest BCUT2D eigenvalue weighted by Gasteiger charge is 2.30. The van der Waals surface area contributed by atoms with Crippen molar-refractivity contribution in [3.8, 4) is 11.3 Å². The molecule has 1 aromatic heterocycles. The quantitative estimate of drug-likeness (QED) is 0.552. The van der Waals surface area contributed by atoms with Gasteiger partial charge in [-0.2, -0.15) is 0 Å². The number of nitrogens with zero attached hydrogens (tertiary/aromatic N) is 3. The molecule has 6 heteroatoms. The summed E-state index contributed by atoms with van der Waals surface area (Å²) in [5.74, 6) is -0.325. The van der Waals surface area contributed by atoms with Crippen LogP contribution in [-0.2, 0) is 11.3 Å². The van der Waals surface area contributed by atoms with Crippen LogP contribution >= 0.6 is 0 Å². The van der Waals surface area contributed by atoms with Crippen molar-refractivity contribution in [2.45, 2.75) is 44.6 Å². The lowest BCUT2D eigenvalue weighted by Gasteiger charge is -2.31. The van der Waals surface area contributed by atoms with Crippen LogP contribution in [0.25, 0.3) is 22.2 Å². The van der Waals surface area contributed by atoms with E-state index in [0.29, 0.717) is 11.5 Å². The van der Waals surface area contributed by atoms with E-state index in [9.17, 15) is 9.90 Å². The van der Waals surface area contributed by atoms with Crippen molar-refractivity contribution in [1.29, 1.82) is 0 Å². The van der Waals surface area contributed by atoms with Crippen molar-refractivity contribution in [2.75, 3.05) is 50.8 Å². The van der Waals surface area contributed by atoms with E-state index in [1.165, 1.54) is 60.0 Å². The average molecular weight is 474 g/mol. The molecule has 0 amide bonds. The number of benzene rings is 2. The van der Waals surface area contributed by atoms with Gasteiger partial charge >= 0.3 is 5.97 Å². The zero-order valence-electron chi connectivity index (χ0n) is 20.4. The highest BCUT2D eigenvalue weighted by atomic mass is 16.5. The minimum absolute atomic E-state index is 0.370. The van der Waals surface area contributed by atoms with Gasteiger partial charge in [0.25, 0.3) is 0 Å². The number of para-hydroxylation sites is 1. The molecule has 184 valence electrons. The number of carbonyl (C=O) groups is 1. The van der Waals surface area contributed by atoms with Crippen molar-refractivity contribution in [3.05, 3.63) is 53.6 Å². The van der Waals surface area contributed by atoms with Crippen LogP contribution in [0.4, 0.5) is 5.69 Å². The Kier molecular flexibility index (Phi) is 6.25. The number of anilines is 1. The van der Waals surface area contributed by atoms with Gasteiger partial charge in [0.15, 0.2) is 0 Å². The maximum absolute atomic E-state index is 11.8. The van der Waals surface area contributed by atoms with Crippen molar-refractivity contribution < 1.29 is 14.6 Å². The normalized spacial score (nSPS) is 19.4. The Labute approximate surface area is 207 Å². The number of aromatic carboxylic acids is 1. The van der Waals surface area contributed by atoms with E-state index in [2.05, 4.69) is 44.7 Å². The Morgan fingerprint density at radius 2 is 1.74 bits per heavy atom. The summed E-state index contributed by atoms with van der Waals surface area (Å²) in [6.45, 7) is 7.45. The molecule has 1 aliphatic carbocycles. The van der Waals surface area contributed by atoms with E-state index < -0.39 is 5.97 Å². The monoisotopic (exact) mass is 473 g/mol. The first-order valence-corrected chi connectivity index (χ1v) is 13.2. The summed E-state index contributed by atoms with van der Waals surface area (Å²) < 4.78 is 7.97. The lowest BCUT2D eigenvalue weighted by atomic mass is 9.81. The van der Waals surface area contributed by atoms with Gasteiger partial charge in [-0.1, -0.05) is 43.5 Å². The molecule has 0 atom stereocenters. The zero-order valence-corrected chi connectivity index (χ0v) is 20.4. The molecule has 0 bridgehead atoms. The number of ether oxygens (including phenoxy) is 1. The fourth-order valence-electron chi connectivity index (χ4n) is 6.45. The van der Waals surface area contributed by atoms with Gasteiger partial charge in [0.1, 0.15) is 0 Å². The van der Waals surface area contributed by atoms with E-state index in [1.54, 1.807) is 6.07 Å². The summed E-state index contributed by atoms with van der Waals surface area (Å²) in [6, 6.07) is 14.6. The Morgan fingerprint density at radius 1 is 0.943 bits per heavy atom. The Hall–Kier alpha value is -2.83. The smallest absolute Gasteiger partial charge is 0.335 e. The van der Waals surface area contributed by atoms with Gasteiger partial charge in [-0.3, -0.25) is 4.90 Å². The predicted octanol–water partition coefficient (Wildman–Crippen LogP) is 5.21. The topological polar surface area (TPSA) is 57.9 Å². The maximum atomic E-state index is 11.8. The molecule has 1 saturated carbocycles. The summed E-state index contributed by atoms with van der Waals surface area (Å²) in [7, 11) is 0. The summed E-state index contributed by atoms with van der Waals surface area (Å²) in [4.78, 5) is 16.9. The number of fused-ring (bicyclic) bond motifs is 5. The molecule has 0 spiro atoms. The summed E-state index contributed by atoms with van der Waals surface area (Å²) in [5, 5.41) is 11.0. The Morgan fingerprint density at radius 3 is 2.54 bits per heavy atom. The van der Waals surface area contributed by atoms with Crippen molar-refractivity contribution in [2.24, 2.45) is 0 Å². The number of carboxylic acids is 1. The first-order chi connectivity index (χ1) is 17.2. The third kappa shape index (κ3) is 4.23. The number of morpholine rings is 1. The van der Waals surface area contributed by atoms with Gasteiger partial charge in [-0.05, 0) is 42.5 Å². The van der Waals surface area contributed by atoms with Crippen LogP contribution < -0.4 is 4.90 Å². The third-order valence-corrected chi connectivity index (χ3v) is 8.25. The standard InChI is InChI=1S/C29H35N3O3/c33-29(34)22-10-11-23-26(20-22)32-15-14-31(13-12-30-16-18-35-19-17-30)25-9-5-4-8-24(25)28(32)27(23)21-6-2-1-3-7-21/h4-5,8-11,20-21H,1-3,6-7,12-19H2,(H,33,34). The molecule has 1 N–H and O–H groups in total. The van der Waals surface area contributed by atoms with E-state index >= 15 is 0 Å². The first kappa shape index (κ1) is 22.6. The molecule has 6 nitrogen and oxygen atoms in total. The number of rotatable bonds is 5. The Balaban J connectivity index is 1.46. The molecule has 6 rings (SSSR count). The molecule has 3 aromatic rings. The molecular formula is C29H35N3O3. The van der Waals surface area contributed by atoms with Gasteiger partial charge in [0.05, 0.1) is 24.5 Å². The van der Waals surface area contributed by atoms with Crippen LogP contribution in [0.15, 0.2) is 42.5 Å². The number of hydrogen-bond acceptors (Lipinski definition) is 4. The summed E-state index contributed by atoms with van der Waals surface area (Å²) >= 11 is 0. The van der Waals surface area contributed by atoms with Crippen LogP contribution in [0.1, 0.15) is 53.9 Å². The van der Waals surface area contributed by atoms with Crippen LogP contribution in [0.5, 0.6) is 0 Å². The fraction of sp³-hybridized carbons (Fsp3) is 0.483. The number of hydrogen-bond donors (Lipinski definition) is 1. The molecule has 0 unspecified atom stereocenters. The van der Waals surface area contributed by atoms with E-state index in [-0.39, 0.29) is 0 Å². The average Bonchev–Trinajstić information content (AvgIpc) is 3.14. The highest BCUT2D eigenvalue weighted by Crippen LogP contribution is 2.47. The van der Waals surface area contributed by atoms with Gasteiger partial charge in [0, 0.05) is 61.4 Å². The van der Waals surface area contributed by atoms with Gasteiger partial charge in [0.2, 0.25) is 0 Å². The van der Waals surface area contributed by atoms with Gasteiger partial charge in [-0.25, -0.2) is 4.79 Å². The molecule has 0 radical (unpaired) electrons. The van der Waals surface area contributed by atoms with Crippen LogP contribution in [0.2, 0.25) is 0 Å². The van der Waals surface area contributed by atoms with Gasteiger partial charge in [-0.15, -0.1) is 0 Å². The van der Waals surface area contributed by atoms with Crippen LogP contribution in [-0.4, -0.2) is 66.5 Å². The molecule has 2 fully saturated rings. The fourth-order valence-corrected chi connectivity index (χ4v) is 6.45. The second-order valence-electron chi connectivity index (χ2n) is 10.2. The highest BCUT2D eigenvalue weighted by molar-refractivity contribution is 5.99. The van der Waals surface area contributed by atoms with E-state index in [0.717, 1.165) is 58.0 Å². The van der Waals surface area contributed by atoms with Crippen molar-refractivity contribution in [1.82, 2.24) is 9.47 Å². The molecule has 3 aliphatic rings. The van der Waals surface area contributed by atoms with E-state index in [4.69, 9.17) is 4.74 Å². The maximum Gasteiger partial charge on any atom is 0.335 e. The minimum Gasteiger partial charge on any atom is -0.478 e. The molecular weight excluding hydrogens is 438 g/mol. The van der Waals surface area contributed by atoms with E-state index in [1.807, 2.05) is 6.07 Å². The van der Waals surface area contributed by atoms with Crippen molar-refractivity contribution >= 4 is 22.6 Å². The van der Waals surface area contributed by atoms with Crippen LogP contribution in [0.3, 0.4) is 0 Å². The number of carboxylic acid groups (broad SMARTS) is 1. The Bertz CT molecular complexity index is 1220. The van der Waals surface area contributed by atoms with Gasteiger partial charge < -0.3 is 19.3 Å². The lowest BCUT2D eigenvalue weighted by Crippen LogP contribution is -2.42. The third-order valence-electron chi connectivity index (χ3n) is 8.25. The molecule has 1 saturated heterocycles. The molecule has 2 aromatic carbocycles. The first-order valence-electron chi connectivity index (χ1n) is 13.2. The predicted molar refractivity (Wildman–Crippen MR) is 140 cm³/mol. The molecule has 2 aliphatic heterocycles. The minimum atomic E-state index is -0.858. The van der Waals surface area contributed by atoms with Crippen molar-refractivity contribution in [3.63, 3.8) is 0 Å². The molecule has 3 heterocycles. The number of aromatic nitrogens is 1. The lowest BCUT2D eigenvalue weighted by molar-refractivity contribution is 0.0391. The second kappa shape index (κ2) is 9.67. The second-order valence-corrected chi connectivity index (χ2v) is 10.2. The summed E-state index contributed by atoms with van der Waals surface area (Å²) in [6.07, 6.45) is 6.31. The molecule has 35 heavy (non-hydrogen) atoms.